The van der Waals surface area contributed by atoms with Crippen LogP contribution in [0.2, 0.25) is 0 Å². The molecule has 0 saturated heterocycles. The minimum absolute atomic E-state index is 0.231. The zero-order chi connectivity index (χ0) is 32.3. The second kappa shape index (κ2) is 15.3. The highest BCUT2D eigenvalue weighted by Crippen LogP contribution is 2.10. The van der Waals surface area contributed by atoms with Gasteiger partial charge in [0.25, 0.3) is 11.1 Å². The molecule has 8 nitrogen and oxygen atoms in total. The summed E-state index contributed by atoms with van der Waals surface area (Å²) in [6, 6.07) is 18.8. The third kappa shape index (κ3) is 8.56. The van der Waals surface area contributed by atoms with E-state index in [-0.39, 0.29) is 41.5 Å². The fraction of sp³-hybridized carbons (Fsp3) is 0.0588. The quantitative estimate of drug-likeness (QED) is 0.264. The van der Waals surface area contributed by atoms with Gasteiger partial charge in [-0.3, -0.25) is 18.4 Å². The Morgan fingerprint density at radius 1 is 0.711 bits per heavy atom. The molecule has 0 bridgehead atoms. The predicted molar refractivity (Wildman–Crippen MR) is 169 cm³/mol. The highest BCUT2D eigenvalue weighted by atomic mass is 79.9. The molecule has 2 N–H and O–H groups in total. The van der Waals surface area contributed by atoms with Crippen molar-refractivity contribution in [3.63, 3.8) is 0 Å². The molecule has 2 aromatic carbocycles. The monoisotopic (exact) mass is 668 g/mol. The van der Waals surface area contributed by atoms with Crippen molar-refractivity contribution in [2.45, 2.75) is 13.2 Å². The van der Waals surface area contributed by atoms with E-state index in [1.54, 1.807) is 60.9 Å². The second-order valence-electron chi connectivity index (χ2n) is 9.13. The zero-order valence-corrected chi connectivity index (χ0v) is 24.9. The van der Waals surface area contributed by atoms with Gasteiger partial charge in [-0.2, -0.15) is 0 Å². The molecule has 4 heterocycles. The van der Waals surface area contributed by atoms with Crippen molar-refractivity contribution in [1.82, 2.24) is 18.8 Å². The summed E-state index contributed by atoms with van der Waals surface area (Å²) in [6.07, 6.45) is 10.9. The summed E-state index contributed by atoms with van der Waals surface area (Å²) in [5.41, 5.74) is 2.79. The summed E-state index contributed by atoms with van der Waals surface area (Å²) < 4.78 is 28.9. The van der Waals surface area contributed by atoms with Crippen LogP contribution in [0.15, 0.2) is 112 Å². The van der Waals surface area contributed by atoms with Crippen LogP contribution in [0.25, 0.3) is 11.3 Å². The van der Waals surface area contributed by atoms with Crippen LogP contribution in [-0.4, -0.2) is 29.0 Å². The first kappa shape index (κ1) is 32.5. The molecule has 0 spiro atoms. The van der Waals surface area contributed by atoms with Crippen LogP contribution in [0.1, 0.15) is 27.8 Å². The molecule has 0 amide bonds. The van der Waals surface area contributed by atoms with Gasteiger partial charge in [-0.1, -0.05) is 45.8 Å². The lowest BCUT2D eigenvalue weighted by atomic mass is 10.2. The van der Waals surface area contributed by atoms with Crippen molar-refractivity contribution in [3.05, 3.63) is 162 Å². The lowest BCUT2D eigenvalue weighted by Crippen LogP contribution is -2.19. The van der Waals surface area contributed by atoms with Crippen LogP contribution >= 0.6 is 15.9 Å². The van der Waals surface area contributed by atoms with Crippen LogP contribution in [0.4, 0.5) is 8.78 Å². The number of hydrogen-bond acceptors (Lipinski definition) is 6. The number of rotatable bonds is 2. The molecule has 0 aliphatic carbocycles. The lowest BCUT2D eigenvalue weighted by molar-refractivity contribution is 0.279. The molecule has 6 rings (SSSR count). The number of hydrogen-bond donors (Lipinski definition) is 2. The highest BCUT2D eigenvalue weighted by molar-refractivity contribution is 9.10. The van der Waals surface area contributed by atoms with Gasteiger partial charge in [-0.05, 0) is 60.7 Å². The normalized spacial score (nSPS) is 10.0. The van der Waals surface area contributed by atoms with E-state index in [4.69, 9.17) is 16.6 Å². The van der Waals surface area contributed by atoms with Gasteiger partial charge in [0.2, 0.25) is 0 Å². The fourth-order valence-electron chi connectivity index (χ4n) is 3.78. The second-order valence-corrected chi connectivity index (χ2v) is 10.0. The molecule has 4 aromatic heterocycles. The van der Waals surface area contributed by atoms with Gasteiger partial charge in [0, 0.05) is 46.0 Å². The predicted octanol–water partition coefficient (Wildman–Crippen LogP) is 4.48. The van der Waals surface area contributed by atoms with Gasteiger partial charge < -0.3 is 10.2 Å². The Balaban J connectivity index is 0.000000171. The van der Waals surface area contributed by atoms with Crippen molar-refractivity contribution in [1.29, 1.82) is 0 Å². The Bertz CT molecular complexity index is 2220. The van der Waals surface area contributed by atoms with Crippen molar-refractivity contribution in [3.8, 4) is 24.2 Å². The maximum Gasteiger partial charge on any atom is 0.263 e. The summed E-state index contributed by atoms with van der Waals surface area (Å²) in [5.74, 6) is 7.47. The number of halogens is 3. The first-order chi connectivity index (χ1) is 21.7. The number of aliphatic hydroxyl groups excluding tert-OH is 2. The number of nitrogens with zero attached hydrogens (tertiary/aromatic N) is 4. The van der Waals surface area contributed by atoms with Gasteiger partial charge in [0.05, 0.1) is 24.3 Å². The molecule has 45 heavy (non-hydrogen) atoms. The Morgan fingerprint density at radius 3 is 1.71 bits per heavy atom. The van der Waals surface area contributed by atoms with Gasteiger partial charge in [0.1, 0.15) is 22.9 Å². The third-order valence-corrected chi connectivity index (χ3v) is 6.52. The minimum Gasteiger partial charge on any atom is -0.391 e. The first-order valence-corrected chi connectivity index (χ1v) is 13.9. The van der Waals surface area contributed by atoms with Crippen molar-refractivity contribution in [2.24, 2.45) is 0 Å². The first-order valence-electron chi connectivity index (χ1n) is 13.1. The fourth-order valence-corrected chi connectivity index (χ4v) is 4.11. The van der Waals surface area contributed by atoms with E-state index in [0.717, 1.165) is 4.47 Å². The number of aromatic nitrogens is 4. The molecule has 0 unspecified atom stereocenters. The topological polar surface area (TPSA) is 109 Å². The van der Waals surface area contributed by atoms with Gasteiger partial charge in [-0.25, -0.2) is 18.7 Å². The number of benzene rings is 2. The van der Waals surface area contributed by atoms with Crippen LogP contribution in [0, 0.1) is 35.8 Å². The Labute approximate surface area is 264 Å². The van der Waals surface area contributed by atoms with Gasteiger partial charge in [-0.15, -0.1) is 6.42 Å². The summed E-state index contributed by atoms with van der Waals surface area (Å²) in [5, 5.41) is 17.9. The molecule has 0 aliphatic rings. The van der Waals surface area contributed by atoms with Gasteiger partial charge >= 0.3 is 0 Å². The summed E-state index contributed by atoms with van der Waals surface area (Å²) in [7, 11) is 0. The van der Waals surface area contributed by atoms with Crippen LogP contribution < -0.4 is 11.1 Å². The third-order valence-electron chi connectivity index (χ3n) is 6.03. The molecular weight excluding hydrogens is 646 g/mol. The molecule has 0 fully saturated rings. The number of pyridine rings is 2. The van der Waals surface area contributed by atoms with Crippen LogP contribution in [0.5, 0.6) is 0 Å². The van der Waals surface area contributed by atoms with Crippen LogP contribution in [0.3, 0.4) is 0 Å². The molecular formula is C34H23BrF2N4O4. The smallest absolute Gasteiger partial charge is 0.263 e. The Kier molecular flexibility index (Phi) is 11.0. The largest absolute Gasteiger partial charge is 0.391 e. The molecule has 0 atom stereocenters. The maximum absolute atomic E-state index is 13.1. The average molecular weight is 669 g/mol. The average Bonchev–Trinajstić information content (AvgIpc) is 3.05. The number of terminal acetylenes is 1. The van der Waals surface area contributed by atoms with E-state index >= 15 is 0 Å². The van der Waals surface area contributed by atoms with E-state index < -0.39 is 0 Å². The lowest BCUT2D eigenvalue weighted by Gasteiger charge is -2.02. The van der Waals surface area contributed by atoms with E-state index in [2.05, 4.69) is 43.7 Å². The Morgan fingerprint density at radius 2 is 1.20 bits per heavy atom. The highest BCUT2D eigenvalue weighted by Gasteiger charge is 2.04. The summed E-state index contributed by atoms with van der Waals surface area (Å²) in [4.78, 5) is 31.8. The molecule has 6 aromatic rings. The molecule has 11 heteroatoms. The molecule has 0 radical (unpaired) electrons. The van der Waals surface area contributed by atoms with E-state index in [0.29, 0.717) is 33.5 Å². The Hall–Kier alpha value is -5.46. The minimum atomic E-state index is -0.351. The summed E-state index contributed by atoms with van der Waals surface area (Å²) in [6.45, 7) is -0.638. The van der Waals surface area contributed by atoms with Crippen molar-refractivity contribution >= 4 is 27.2 Å². The van der Waals surface area contributed by atoms with E-state index in [1.807, 2.05) is 0 Å². The molecule has 0 aliphatic heterocycles. The number of aliphatic hydroxyl groups is 2. The molecule has 224 valence electrons. The number of fused-ring (bicyclic) bond motifs is 2. The van der Waals surface area contributed by atoms with E-state index in [1.165, 1.54) is 45.5 Å². The molecule has 0 saturated carbocycles. The van der Waals surface area contributed by atoms with Crippen LogP contribution in [-0.2, 0) is 13.2 Å². The zero-order valence-electron chi connectivity index (χ0n) is 23.4. The van der Waals surface area contributed by atoms with E-state index in [9.17, 15) is 18.4 Å². The van der Waals surface area contributed by atoms with Crippen molar-refractivity contribution in [2.75, 3.05) is 0 Å². The van der Waals surface area contributed by atoms with Gasteiger partial charge in [0.15, 0.2) is 0 Å². The SMILES string of the molecule is C#Cc1cccc(F)c1.O=c1c(CO)cnc2cc(Br)ccn12.O=c1c(CO)cnc2cc(C#Cc3cccc(F)c3)ccn12. The maximum atomic E-state index is 13.1. The van der Waals surface area contributed by atoms with Crippen molar-refractivity contribution < 1.29 is 19.0 Å². The standard InChI is InChI=1S/C17H11FN2O2.C9H7BrN2O2.C8H5F/c18-15-3-1-2-12(8-15)4-5-13-6-7-20-16(9-13)19-10-14(11-21)17(20)22;10-7-1-2-12-8(3-7)11-4-6(5-13)9(12)14;1-2-7-4-3-5-8(9)6-7/h1-3,6-10,21H,11H2;1-4,13H,5H2;1,3-6H. The summed E-state index contributed by atoms with van der Waals surface area (Å²) >= 11 is 3.29.